The van der Waals surface area contributed by atoms with Crippen molar-refractivity contribution >= 4 is 10.3 Å². The van der Waals surface area contributed by atoms with E-state index in [1.165, 1.54) is 0 Å². The zero-order chi connectivity index (χ0) is 11.1. The lowest BCUT2D eigenvalue weighted by molar-refractivity contribution is -0.180. The van der Waals surface area contributed by atoms with E-state index in [0.717, 1.165) is 0 Å². The molecule has 7 heteroatoms. The molecule has 0 aromatic rings. The first-order valence-corrected chi connectivity index (χ1v) is 6.43. The quantitative estimate of drug-likeness (QED) is 0.737. The van der Waals surface area contributed by atoms with Crippen LogP contribution in [0, 0.1) is 0 Å². The van der Waals surface area contributed by atoms with Gasteiger partial charge in [0.05, 0.1) is 6.61 Å². The summed E-state index contributed by atoms with van der Waals surface area (Å²) >= 11 is 0. The minimum atomic E-state index is -3.66. The van der Waals surface area contributed by atoms with Crippen molar-refractivity contribution in [2.24, 2.45) is 0 Å². The van der Waals surface area contributed by atoms with E-state index in [2.05, 4.69) is 8.91 Å². The van der Waals surface area contributed by atoms with Crippen molar-refractivity contribution in [3.63, 3.8) is 0 Å². The van der Waals surface area contributed by atoms with Crippen LogP contribution in [-0.2, 0) is 24.0 Å². The molecule has 6 nitrogen and oxygen atoms in total. The van der Waals surface area contributed by atoms with E-state index in [0.29, 0.717) is 12.8 Å². The molecule has 2 fully saturated rings. The molecule has 2 atom stereocenters. The fourth-order valence-electron chi connectivity index (χ4n) is 1.81. The van der Waals surface area contributed by atoms with Gasteiger partial charge in [-0.15, -0.1) is 0 Å². The van der Waals surface area contributed by atoms with Gasteiger partial charge in [-0.25, -0.2) is 0 Å². The summed E-state index contributed by atoms with van der Waals surface area (Å²) in [6.07, 6.45) is 0.383. The van der Waals surface area contributed by atoms with Crippen LogP contribution in [0.2, 0.25) is 0 Å². The molecule has 2 aliphatic heterocycles. The molecule has 2 heterocycles. The number of hydrogen-bond donors (Lipinski definition) is 1. The molecule has 0 saturated carbocycles. The van der Waals surface area contributed by atoms with E-state index in [1.54, 1.807) is 0 Å². The van der Waals surface area contributed by atoms with Crippen LogP contribution in [0.15, 0.2) is 0 Å². The van der Waals surface area contributed by atoms with Gasteiger partial charge in [-0.05, 0) is 12.8 Å². The van der Waals surface area contributed by atoms with Crippen molar-refractivity contribution in [2.45, 2.75) is 44.8 Å². The van der Waals surface area contributed by atoms with Gasteiger partial charge in [-0.3, -0.25) is 4.18 Å². The topological polar surface area (TPSA) is 73.9 Å². The molecular formula is C8H15NO5S. The zero-order valence-electron chi connectivity index (χ0n) is 8.73. The maximum atomic E-state index is 11.1. The Morgan fingerprint density at radius 3 is 2.60 bits per heavy atom. The Balaban J connectivity index is 2.14. The molecular weight excluding hydrogens is 222 g/mol. The van der Waals surface area contributed by atoms with Gasteiger partial charge in [0.1, 0.15) is 6.10 Å². The third-order valence-electron chi connectivity index (χ3n) is 2.77. The van der Waals surface area contributed by atoms with Crippen LogP contribution in [0.5, 0.6) is 0 Å². The van der Waals surface area contributed by atoms with Crippen molar-refractivity contribution in [1.29, 1.82) is 0 Å². The normalized spacial score (nSPS) is 37.5. The van der Waals surface area contributed by atoms with E-state index in [-0.39, 0.29) is 12.7 Å². The summed E-state index contributed by atoms with van der Waals surface area (Å²) in [4.78, 5) is 0. The van der Waals surface area contributed by atoms with Crippen molar-refractivity contribution in [3.8, 4) is 0 Å². The SMILES string of the molecule is CCC1(CC)O[C@H]2NS(=O)(=O)OC[C@H]2O1. The summed E-state index contributed by atoms with van der Waals surface area (Å²) in [5, 5.41) is 0. The van der Waals surface area contributed by atoms with Crippen LogP contribution in [0.1, 0.15) is 26.7 Å². The average Bonchev–Trinajstić information content (AvgIpc) is 2.55. The van der Waals surface area contributed by atoms with Gasteiger partial charge in [0.15, 0.2) is 12.0 Å². The highest BCUT2D eigenvalue weighted by atomic mass is 32.2. The second-order valence-corrected chi connectivity index (χ2v) is 5.05. The molecule has 0 aliphatic carbocycles. The van der Waals surface area contributed by atoms with E-state index in [4.69, 9.17) is 9.47 Å². The van der Waals surface area contributed by atoms with Gasteiger partial charge in [-0.1, -0.05) is 13.8 Å². The number of ether oxygens (including phenoxy) is 2. The zero-order valence-corrected chi connectivity index (χ0v) is 9.54. The van der Waals surface area contributed by atoms with Crippen LogP contribution in [0.4, 0.5) is 0 Å². The minimum Gasteiger partial charge on any atom is -0.340 e. The van der Waals surface area contributed by atoms with E-state index in [9.17, 15) is 8.42 Å². The molecule has 2 aliphatic rings. The number of fused-ring (bicyclic) bond motifs is 1. The predicted octanol–water partition coefficient (Wildman–Crippen LogP) is 0.109. The van der Waals surface area contributed by atoms with Crippen LogP contribution < -0.4 is 4.72 Å². The summed E-state index contributed by atoms with van der Waals surface area (Å²) < 4.78 is 40.4. The first-order valence-electron chi connectivity index (χ1n) is 5.02. The fourth-order valence-corrected chi connectivity index (χ4v) is 2.68. The molecule has 0 aromatic heterocycles. The number of rotatable bonds is 2. The highest BCUT2D eigenvalue weighted by Crippen LogP contribution is 2.35. The highest BCUT2D eigenvalue weighted by Gasteiger charge is 2.49. The molecule has 0 amide bonds. The van der Waals surface area contributed by atoms with Crippen LogP contribution in [-0.4, -0.2) is 33.1 Å². The second-order valence-electron chi connectivity index (χ2n) is 3.67. The molecule has 15 heavy (non-hydrogen) atoms. The van der Waals surface area contributed by atoms with Gasteiger partial charge < -0.3 is 9.47 Å². The average molecular weight is 237 g/mol. The molecule has 0 radical (unpaired) electrons. The Kier molecular flexibility index (Phi) is 2.76. The maximum absolute atomic E-state index is 11.1. The van der Waals surface area contributed by atoms with Gasteiger partial charge in [0.25, 0.3) is 0 Å². The summed E-state index contributed by atoms with van der Waals surface area (Å²) in [6.45, 7) is 3.90. The summed E-state index contributed by atoms with van der Waals surface area (Å²) in [6, 6.07) is 0. The van der Waals surface area contributed by atoms with Crippen molar-refractivity contribution < 1.29 is 22.1 Å². The van der Waals surface area contributed by atoms with E-state index >= 15 is 0 Å². The third-order valence-corrected chi connectivity index (χ3v) is 3.74. The molecule has 1 N–H and O–H groups in total. The first kappa shape index (κ1) is 11.3. The minimum absolute atomic E-state index is 0.0156. The summed E-state index contributed by atoms with van der Waals surface area (Å²) in [5.41, 5.74) is 0. The predicted molar refractivity (Wildman–Crippen MR) is 51.1 cm³/mol. The Morgan fingerprint density at radius 2 is 2.00 bits per heavy atom. The van der Waals surface area contributed by atoms with Crippen LogP contribution in [0.3, 0.4) is 0 Å². The maximum Gasteiger partial charge on any atom is 0.338 e. The fraction of sp³-hybridized carbons (Fsp3) is 1.00. The van der Waals surface area contributed by atoms with Crippen molar-refractivity contribution in [2.75, 3.05) is 6.61 Å². The standard InChI is InChI=1S/C8H15NO5S/c1-3-8(4-2)13-6-5-12-15(10,11)9-7(6)14-8/h6-7,9H,3-5H2,1-2H3/t6-,7-/m1/s1. The Labute approximate surface area is 89.1 Å². The molecule has 2 rings (SSSR count). The Bertz CT molecular complexity index is 337. The number of hydrogen-bond acceptors (Lipinski definition) is 5. The van der Waals surface area contributed by atoms with Gasteiger partial charge in [-0.2, -0.15) is 13.1 Å². The molecule has 0 aromatic carbocycles. The molecule has 0 unspecified atom stereocenters. The monoisotopic (exact) mass is 237 g/mol. The number of nitrogens with one attached hydrogen (secondary N) is 1. The highest BCUT2D eigenvalue weighted by molar-refractivity contribution is 7.84. The third kappa shape index (κ3) is 2.02. The smallest absolute Gasteiger partial charge is 0.338 e. The molecule has 2 saturated heterocycles. The first-order chi connectivity index (χ1) is 7.00. The van der Waals surface area contributed by atoms with Gasteiger partial charge >= 0.3 is 10.3 Å². The van der Waals surface area contributed by atoms with Crippen molar-refractivity contribution in [1.82, 2.24) is 4.72 Å². The van der Waals surface area contributed by atoms with E-state index < -0.39 is 22.3 Å². The Morgan fingerprint density at radius 1 is 1.33 bits per heavy atom. The summed E-state index contributed by atoms with van der Waals surface area (Å²) in [7, 11) is -3.66. The van der Waals surface area contributed by atoms with Gasteiger partial charge in [0, 0.05) is 0 Å². The van der Waals surface area contributed by atoms with Crippen molar-refractivity contribution in [3.05, 3.63) is 0 Å². The lowest BCUT2D eigenvalue weighted by atomic mass is 10.1. The molecule has 0 bridgehead atoms. The lowest BCUT2D eigenvalue weighted by Crippen LogP contribution is -2.49. The van der Waals surface area contributed by atoms with Crippen LogP contribution in [0.25, 0.3) is 0 Å². The van der Waals surface area contributed by atoms with E-state index in [1.807, 2.05) is 13.8 Å². The molecule has 0 spiro atoms. The van der Waals surface area contributed by atoms with Crippen LogP contribution >= 0.6 is 0 Å². The largest absolute Gasteiger partial charge is 0.340 e. The summed E-state index contributed by atoms with van der Waals surface area (Å²) in [5.74, 6) is -0.675. The lowest BCUT2D eigenvalue weighted by Gasteiger charge is -2.24. The molecule has 88 valence electrons. The van der Waals surface area contributed by atoms with Gasteiger partial charge in [0.2, 0.25) is 0 Å². The Hall–Kier alpha value is -0.210. The second kappa shape index (κ2) is 3.67.